The first-order valence-electron chi connectivity index (χ1n) is 12.4. The standard InChI is InChI=1S/C28H35N5O4/c1-19(2)13-14-31(27(35)21-10-8-12-23(16-21)33(36)37)18-26(34)29-25-17-24(28(4,5)6)30-32(25)22-11-7-9-20(3)15-22/h7-12,15-17,19H,13-14,18H2,1-6H3,(H,29,34). The van der Waals surface area contributed by atoms with Gasteiger partial charge in [-0.1, -0.05) is 52.8 Å². The molecular formula is C28H35N5O4. The third-order valence-corrected chi connectivity index (χ3v) is 5.89. The molecule has 1 heterocycles. The van der Waals surface area contributed by atoms with Crippen LogP contribution in [0.3, 0.4) is 0 Å². The summed E-state index contributed by atoms with van der Waals surface area (Å²) in [6, 6.07) is 15.2. The maximum atomic E-state index is 13.3. The fourth-order valence-electron chi connectivity index (χ4n) is 3.75. The number of aromatic nitrogens is 2. The molecule has 0 saturated carbocycles. The number of carbonyl (C=O) groups is 2. The summed E-state index contributed by atoms with van der Waals surface area (Å²) in [4.78, 5) is 38.6. The summed E-state index contributed by atoms with van der Waals surface area (Å²) in [6.45, 7) is 12.3. The maximum absolute atomic E-state index is 13.3. The molecule has 0 aliphatic carbocycles. The highest BCUT2D eigenvalue weighted by Gasteiger charge is 2.24. The van der Waals surface area contributed by atoms with E-state index in [0.717, 1.165) is 16.9 Å². The Kier molecular flexibility index (Phi) is 8.47. The van der Waals surface area contributed by atoms with Crippen LogP contribution in [0.25, 0.3) is 5.69 Å². The van der Waals surface area contributed by atoms with Crippen molar-refractivity contribution in [1.29, 1.82) is 0 Å². The van der Waals surface area contributed by atoms with Crippen molar-refractivity contribution in [3.63, 3.8) is 0 Å². The number of carbonyl (C=O) groups excluding carboxylic acids is 2. The molecule has 9 nitrogen and oxygen atoms in total. The molecule has 2 amide bonds. The van der Waals surface area contributed by atoms with Crippen LogP contribution in [-0.2, 0) is 10.2 Å². The van der Waals surface area contributed by atoms with Gasteiger partial charge in [-0.05, 0) is 43.0 Å². The molecule has 2 aromatic carbocycles. The minimum Gasteiger partial charge on any atom is -0.329 e. The van der Waals surface area contributed by atoms with Crippen molar-refractivity contribution < 1.29 is 14.5 Å². The van der Waals surface area contributed by atoms with Gasteiger partial charge in [-0.15, -0.1) is 0 Å². The van der Waals surface area contributed by atoms with Gasteiger partial charge < -0.3 is 10.2 Å². The van der Waals surface area contributed by atoms with E-state index in [0.29, 0.717) is 24.7 Å². The topological polar surface area (TPSA) is 110 Å². The van der Waals surface area contributed by atoms with Crippen molar-refractivity contribution in [2.75, 3.05) is 18.4 Å². The second-order valence-corrected chi connectivity index (χ2v) is 10.7. The van der Waals surface area contributed by atoms with Gasteiger partial charge in [0.25, 0.3) is 11.6 Å². The number of benzene rings is 2. The normalized spacial score (nSPS) is 11.4. The smallest absolute Gasteiger partial charge is 0.270 e. The zero-order chi connectivity index (χ0) is 27.3. The molecule has 0 spiro atoms. The molecule has 0 unspecified atom stereocenters. The van der Waals surface area contributed by atoms with Crippen LogP contribution >= 0.6 is 0 Å². The van der Waals surface area contributed by atoms with Gasteiger partial charge in [-0.25, -0.2) is 4.68 Å². The SMILES string of the molecule is Cc1cccc(-n2nc(C(C)(C)C)cc2NC(=O)CN(CCC(C)C)C(=O)c2cccc([N+](=O)[O-])c2)c1. The molecule has 37 heavy (non-hydrogen) atoms. The van der Waals surface area contributed by atoms with Gasteiger partial charge in [-0.2, -0.15) is 5.10 Å². The number of non-ortho nitro benzene ring substituents is 1. The molecule has 9 heteroatoms. The number of rotatable bonds is 9. The first-order chi connectivity index (χ1) is 17.3. The summed E-state index contributed by atoms with van der Waals surface area (Å²) in [5.74, 6) is 0.00608. The summed E-state index contributed by atoms with van der Waals surface area (Å²) in [5.41, 5.74) is 2.45. The monoisotopic (exact) mass is 505 g/mol. The van der Waals surface area contributed by atoms with Crippen LogP contribution in [-0.4, -0.2) is 44.5 Å². The van der Waals surface area contributed by atoms with Crippen LogP contribution in [0.2, 0.25) is 0 Å². The Bertz CT molecular complexity index is 1290. The third-order valence-electron chi connectivity index (χ3n) is 5.89. The number of nitrogens with one attached hydrogen (secondary N) is 1. The minimum absolute atomic E-state index is 0.170. The van der Waals surface area contributed by atoms with Crippen molar-refractivity contribution >= 4 is 23.3 Å². The molecular weight excluding hydrogens is 470 g/mol. The average Bonchev–Trinajstić information content (AvgIpc) is 3.25. The Morgan fingerprint density at radius 1 is 1.11 bits per heavy atom. The van der Waals surface area contributed by atoms with Crippen LogP contribution in [0.5, 0.6) is 0 Å². The van der Waals surface area contributed by atoms with E-state index in [1.165, 1.54) is 29.2 Å². The molecule has 1 aromatic heterocycles. The quantitative estimate of drug-likeness (QED) is 0.304. The Labute approximate surface area is 217 Å². The van der Waals surface area contributed by atoms with Crippen molar-refractivity contribution in [1.82, 2.24) is 14.7 Å². The molecule has 0 aliphatic rings. The predicted molar refractivity (Wildman–Crippen MR) is 144 cm³/mol. The fraction of sp³-hybridized carbons (Fsp3) is 0.393. The lowest BCUT2D eigenvalue weighted by molar-refractivity contribution is -0.384. The van der Waals surface area contributed by atoms with Gasteiger partial charge in [-0.3, -0.25) is 19.7 Å². The van der Waals surface area contributed by atoms with Crippen LogP contribution in [0, 0.1) is 23.0 Å². The number of hydrogen-bond acceptors (Lipinski definition) is 5. The Balaban J connectivity index is 1.88. The second kappa shape index (κ2) is 11.4. The van der Waals surface area contributed by atoms with Gasteiger partial charge in [0, 0.05) is 35.7 Å². The Morgan fingerprint density at radius 2 is 1.81 bits per heavy atom. The summed E-state index contributed by atoms with van der Waals surface area (Å²) < 4.78 is 1.70. The van der Waals surface area contributed by atoms with E-state index in [1.807, 2.05) is 71.9 Å². The van der Waals surface area contributed by atoms with E-state index in [-0.39, 0.29) is 29.1 Å². The number of anilines is 1. The third kappa shape index (κ3) is 7.25. The molecule has 1 N–H and O–H groups in total. The predicted octanol–water partition coefficient (Wildman–Crippen LogP) is 5.51. The van der Waals surface area contributed by atoms with E-state index in [9.17, 15) is 19.7 Å². The van der Waals surface area contributed by atoms with Crippen LogP contribution in [0.15, 0.2) is 54.6 Å². The van der Waals surface area contributed by atoms with Crippen LogP contribution in [0.4, 0.5) is 11.5 Å². The van der Waals surface area contributed by atoms with Gasteiger partial charge in [0.15, 0.2) is 0 Å². The van der Waals surface area contributed by atoms with Gasteiger partial charge in [0.05, 0.1) is 16.3 Å². The highest BCUT2D eigenvalue weighted by atomic mass is 16.6. The summed E-state index contributed by atoms with van der Waals surface area (Å²) >= 11 is 0. The number of hydrogen-bond donors (Lipinski definition) is 1. The second-order valence-electron chi connectivity index (χ2n) is 10.7. The number of nitro groups is 1. The zero-order valence-corrected chi connectivity index (χ0v) is 22.3. The van der Waals surface area contributed by atoms with Crippen LogP contribution in [0.1, 0.15) is 62.7 Å². The Morgan fingerprint density at radius 3 is 2.43 bits per heavy atom. The first-order valence-corrected chi connectivity index (χ1v) is 12.4. The molecule has 0 fully saturated rings. The largest absolute Gasteiger partial charge is 0.329 e. The highest BCUT2D eigenvalue weighted by molar-refractivity contribution is 5.99. The molecule has 3 rings (SSSR count). The van der Waals surface area contributed by atoms with E-state index >= 15 is 0 Å². The first kappa shape index (κ1) is 27.6. The van der Waals surface area contributed by atoms with Crippen LogP contribution < -0.4 is 5.32 Å². The van der Waals surface area contributed by atoms with Crippen molar-refractivity contribution in [3.8, 4) is 5.69 Å². The Hall–Kier alpha value is -4.01. The fourth-order valence-corrected chi connectivity index (χ4v) is 3.75. The number of nitrogens with zero attached hydrogens (tertiary/aromatic N) is 4. The van der Waals surface area contributed by atoms with Crippen molar-refractivity contribution in [2.24, 2.45) is 5.92 Å². The molecule has 0 bridgehead atoms. The summed E-state index contributed by atoms with van der Waals surface area (Å²) in [7, 11) is 0. The molecule has 0 radical (unpaired) electrons. The van der Waals surface area contributed by atoms with E-state index < -0.39 is 10.8 Å². The van der Waals surface area contributed by atoms with Gasteiger partial charge in [0.2, 0.25) is 5.91 Å². The van der Waals surface area contributed by atoms with E-state index in [2.05, 4.69) is 5.32 Å². The number of aryl methyl sites for hydroxylation is 1. The summed E-state index contributed by atoms with van der Waals surface area (Å²) in [6.07, 6.45) is 0.684. The molecule has 196 valence electrons. The van der Waals surface area contributed by atoms with E-state index in [4.69, 9.17) is 5.10 Å². The van der Waals surface area contributed by atoms with Gasteiger partial charge in [0.1, 0.15) is 12.4 Å². The number of amides is 2. The number of nitro benzene ring substituents is 1. The molecule has 0 aliphatic heterocycles. The maximum Gasteiger partial charge on any atom is 0.270 e. The molecule has 0 saturated heterocycles. The van der Waals surface area contributed by atoms with Gasteiger partial charge >= 0.3 is 0 Å². The highest BCUT2D eigenvalue weighted by Crippen LogP contribution is 2.27. The lowest BCUT2D eigenvalue weighted by atomic mass is 9.92. The zero-order valence-electron chi connectivity index (χ0n) is 22.3. The van der Waals surface area contributed by atoms with Crippen molar-refractivity contribution in [3.05, 3.63) is 81.5 Å². The molecule has 0 atom stereocenters. The molecule has 3 aromatic rings. The van der Waals surface area contributed by atoms with E-state index in [1.54, 1.807) is 4.68 Å². The minimum atomic E-state index is -0.540. The average molecular weight is 506 g/mol. The lowest BCUT2D eigenvalue weighted by Crippen LogP contribution is -2.39. The summed E-state index contributed by atoms with van der Waals surface area (Å²) in [5, 5.41) is 18.9. The lowest BCUT2D eigenvalue weighted by Gasteiger charge is -2.23. The van der Waals surface area contributed by atoms with Crippen molar-refractivity contribution in [2.45, 2.75) is 53.4 Å².